The topological polar surface area (TPSA) is 34.9 Å². The minimum absolute atomic E-state index is 0.227. The average Bonchev–Trinajstić information content (AvgIpc) is 2.73. The molecule has 8 heteroatoms. The molecule has 3 aromatic carbocycles. The van der Waals surface area contributed by atoms with Crippen molar-refractivity contribution >= 4 is 38.6 Å². The highest BCUT2D eigenvalue weighted by Crippen LogP contribution is 2.31. The molecule has 0 saturated heterocycles. The summed E-state index contributed by atoms with van der Waals surface area (Å²) < 4.78 is 41.4. The van der Waals surface area contributed by atoms with Crippen LogP contribution < -0.4 is 5.56 Å². The summed E-state index contributed by atoms with van der Waals surface area (Å²) in [6.45, 7) is 0. The van der Waals surface area contributed by atoms with Gasteiger partial charge in [-0.3, -0.25) is 9.36 Å². The quantitative estimate of drug-likeness (QED) is 0.243. The molecule has 152 valence electrons. The Morgan fingerprint density at radius 3 is 2.43 bits per heavy atom. The maximum absolute atomic E-state index is 13.2. The molecule has 0 N–H and O–H groups in total. The van der Waals surface area contributed by atoms with Crippen molar-refractivity contribution in [1.82, 2.24) is 9.55 Å². The third-order valence-electron chi connectivity index (χ3n) is 4.45. The van der Waals surface area contributed by atoms with Gasteiger partial charge >= 0.3 is 6.18 Å². The molecule has 0 fully saturated rings. The van der Waals surface area contributed by atoms with Gasteiger partial charge in [0.1, 0.15) is 0 Å². The summed E-state index contributed by atoms with van der Waals surface area (Å²) in [5, 5.41) is 0.891. The summed E-state index contributed by atoms with van der Waals surface area (Å²) in [6.07, 6.45) is -4.40. The molecule has 0 unspecified atom stereocenters. The predicted octanol–water partition coefficient (Wildman–Crippen LogP) is 6.46. The molecular weight excluding hydrogens is 477 g/mol. The number of hydrogen-bond donors (Lipinski definition) is 0. The largest absolute Gasteiger partial charge is 0.416 e. The second kappa shape index (κ2) is 8.28. The smallest absolute Gasteiger partial charge is 0.268 e. The fourth-order valence-corrected chi connectivity index (χ4v) is 4.23. The zero-order chi connectivity index (χ0) is 21.3. The fraction of sp³-hybridized carbons (Fsp3) is 0.0909. The van der Waals surface area contributed by atoms with Crippen LogP contribution in [0.15, 0.2) is 87.2 Å². The Labute approximate surface area is 182 Å². The molecule has 0 radical (unpaired) electrons. The number of hydrogen-bond acceptors (Lipinski definition) is 3. The first-order chi connectivity index (χ1) is 14.3. The number of halogens is 4. The Morgan fingerprint density at radius 2 is 1.70 bits per heavy atom. The molecule has 0 saturated carbocycles. The van der Waals surface area contributed by atoms with Crippen LogP contribution in [0.4, 0.5) is 13.2 Å². The average molecular weight is 491 g/mol. The molecule has 0 aliphatic rings. The predicted molar refractivity (Wildman–Crippen MR) is 116 cm³/mol. The maximum Gasteiger partial charge on any atom is 0.416 e. The standard InChI is InChI=1S/C22H14BrF3N2OS/c23-16-8-10-17(11-9-16)28-20(29)18-6-1-2-7-19(18)27-21(28)30-13-14-4-3-5-15(12-14)22(24,25)26/h1-12H,13H2. The third kappa shape index (κ3) is 4.29. The summed E-state index contributed by atoms with van der Waals surface area (Å²) in [5.74, 6) is 0.241. The van der Waals surface area contributed by atoms with E-state index in [0.717, 1.165) is 16.6 Å². The highest BCUT2D eigenvalue weighted by Gasteiger charge is 2.30. The third-order valence-corrected chi connectivity index (χ3v) is 5.99. The molecule has 4 aromatic rings. The van der Waals surface area contributed by atoms with Gasteiger partial charge in [0, 0.05) is 10.2 Å². The Kier molecular flexibility index (Phi) is 5.71. The van der Waals surface area contributed by atoms with Crippen molar-refractivity contribution < 1.29 is 13.2 Å². The Morgan fingerprint density at radius 1 is 0.967 bits per heavy atom. The highest BCUT2D eigenvalue weighted by atomic mass is 79.9. The molecule has 1 aromatic heterocycles. The van der Waals surface area contributed by atoms with E-state index in [-0.39, 0.29) is 11.3 Å². The molecule has 1 heterocycles. The van der Waals surface area contributed by atoms with Crippen molar-refractivity contribution in [1.29, 1.82) is 0 Å². The lowest BCUT2D eigenvalue weighted by atomic mass is 10.1. The van der Waals surface area contributed by atoms with Gasteiger partial charge in [0.2, 0.25) is 0 Å². The number of thioether (sulfide) groups is 1. The zero-order valence-electron chi connectivity index (χ0n) is 15.4. The van der Waals surface area contributed by atoms with Crippen LogP contribution in [0.5, 0.6) is 0 Å². The number of rotatable bonds is 4. The van der Waals surface area contributed by atoms with E-state index in [2.05, 4.69) is 20.9 Å². The normalized spacial score (nSPS) is 11.7. The van der Waals surface area contributed by atoms with Gasteiger partial charge in [0.25, 0.3) is 5.56 Å². The Hall–Kier alpha value is -2.58. The first kappa shape index (κ1) is 20.7. The molecular formula is C22H14BrF3N2OS. The van der Waals surface area contributed by atoms with Crippen molar-refractivity contribution in [3.05, 3.63) is 98.7 Å². The number of fused-ring (bicyclic) bond motifs is 1. The molecule has 30 heavy (non-hydrogen) atoms. The van der Waals surface area contributed by atoms with Crippen LogP contribution in [0.3, 0.4) is 0 Å². The molecule has 0 amide bonds. The van der Waals surface area contributed by atoms with Crippen LogP contribution in [0.2, 0.25) is 0 Å². The minimum atomic E-state index is -4.40. The minimum Gasteiger partial charge on any atom is -0.268 e. The van der Waals surface area contributed by atoms with Crippen molar-refractivity contribution in [2.45, 2.75) is 17.1 Å². The second-order valence-electron chi connectivity index (χ2n) is 6.52. The molecule has 4 rings (SSSR count). The zero-order valence-corrected chi connectivity index (χ0v) is 17.8. The van der Waals surface area contributed by atoms with Crippen LogP contribution in [0.1, 0.15) is 11.1 Å². The molecule has 0 atom stereocenters. The summed E-state index contributed by atoms with van der Waals surface area (Å²) in [6, 6.07) is 19.4. The summed E-state index contributed by atoms with van der Waals surface area (Å²) in [4.78, 5) is 17.8. The van der Waals surface area contributed by atoms with Crippen LogP contribution in [0.25, 0.3) is 16.6 Å². The number of para-hydroxylation sites is 1. The Bertz CT molecular complexity index is 1270. The van der Waals surface area contributed by atoms with Crippen LogP contribution in [0, 0.1) is 0 Å². The van der Waals surface area contributed by atoms with Crippen molar-refractivity contribution in [3.8, 4) is 5.69 Å². The van der Waals surface area contributed by atoms with Crippen LogP contribution in [-0.4, -0.2) is 9.55 Å². The van der Waals surface area contributed by atoms with E-state index in [1.165, 1.54) is 22.4 Å². The number of aromatic nitrogens is 2. The molecule has 3 nitrogen and oxygen atoms in total. The SMILES string of the molecule is O=c1c2ccccc2nc(SCc2cccc(C(F)(F)F)c2)n1-c1ccc(Br)cc1. The summed E-state index contributed by atoms with van der Waals surface area (Å²) in [5.41, 5.74) is 0.752. The van der Waals surface area contributed by atoms with Gasteiger partial charge in [-0.05, 0) is 48.0 Å². The first-order valence-electron chi connectivity index (χ1n) is 8.89. The van der Waals surface area contributed by atoms with Crippen LogP contribution >= 0.6 is 27.7 Å². The van der Waals surface area contributed by atoms with Gasteiger partial charge in [0.05, 0.1) is 22.2 Å². The number of nitrogens with zero attached hydrogens (tertiary/aromatic N) is 2. The lowest BCUT2D eigenvalue weighted by Crippen LogP contribution is -2.21. The summed E-state index contributed by atoms with van der Waals surface area (Å²) in [7, 11) is 0. The number of benzene rings is 3. The van der Waals surface area contributed by atoms with Crippen LogP contribution in [-0.2, 0) is 11.9 Å². The Balaban J connectivity index is 1.77. The molecule has 0 bridgehead atoms. The van der Waals surface area contributed by atoms with E-state index in [1.54, 1.807) is 42.5 Å². The summed E-state index contributed by atoms with van der Waals surface area (Å²) >= 11 is 4.60. The van der Waals surface area contributed by atoms with E-state index in [1.807, 2.05) is 12.1 Å². The van der Waals surface area contributed by atoms with Gasteiger partial charge in [-0.2, -0.15) is 13.2 Å². The first-order valence-corrected chi connectivity index (χ1v) is 10.7. The van der Waals surface area contributed by atoms with Gasteiger partial charge in [-0.1, -0.05) is 58.0 Å². The molecule has 0 aliphatic heterocycles. The lowest BCUT2D eigenvalue weighted by molar-refractivity contribution is -0.137. The maximum atomic E-state index is 13.2. The van der Waals surface area contributed by atoms with E-state index >= 15 is 0 Å². The van der Waals surface area contributed by atoms with Gasteiger partial charge < -0.3 is 0 Å². The number of alkyl halides is 3. The van der Waals surface area contributed by atoms with E-state index in [0.29, 0.717) is 27.3 Å². The van der Waals surface area contributed by atoms with Crippen molar-refractivity contribution in [2.75, 3.05) is 0 Å². The van der Waals surface area contributed by atoms with Gasteiger partial charge in [-0.15, -0.1) is 0 Å². The van der Waals surface area contributed by atoms with Crippen molar-refractivity contribution in [3.63, 3.8) is 0 Å². The van der Waals surface area contributed by atoms with E-state index < -0.39 is 11.7 Å². The van der Waals surface area contributed by atoms with E-state index in [9.17, 15) is 18.0 Å². The molecule has 0 aliphatic carbocycles. The van der Waals surface area contributed by atoms with Gasteiger partial charge in [-0.25, -0.2) is 4.98 Å². The monoisotopic (exact) mass is 490 g/mol. The molecule has 0 spiro atoms. The lowest BCUT2D eigenvalue weighted by Gasteiger charge is -2.14. The van der Waals surface area contributed by atoms with Crippen molar-refractivity contribution in [2.24, 2.45) is 0 Å². The second-order valence-corrected chi connectivity index (χ2v) is 8.37. The fourth-order valence-electron chi connectivity index (χ4n) is 3.01. The van der Waals surface area contributed by atoms with E-state index in [4.69, 9.17) is 0 Å². The van der Waals surface area contributed by atoms with Gasteiger partial charge in [0.15, 0.2) is 5.16 Å². The highest BCUT2D eigenvalue weighted by molar-refractivity contribution is 9.10.